The quantitative estimate of drug-likeness (QED) is 0.804. The summed E-state index contributed by atoms with van der Waals surface area (Å²) in [6, 6.07) is 7.79. The summed E-state index contributed by atoms with van der Waals surface area (Å²) in [5, 5.41) is 11.4. The van der Waals surface area contributed by atoms with Gasteiger partial charge >= 0.3 is 0 Å². The number of anilines is 1. The Labute approximate surface area is 146 Å². The smallest absolute Gasteiger partial charge is 0.278 e. The molecule has 1 aromatic carbocycles. The zero-order valence-corrected chi connectivity index (χ0v) is 14.6. The first-order chi connectivity index (χ1) is 10.4. The van der Waals surface area contributed by atoms with Crippen molar-refractivity contribution in [1.82, 2.24) is 10.2 Å². The van der Waals surface area contributed by atoms with Crippen LogP contribution >= 0.6 is 46.1 Å². The molecule has 0 saturated heterocycles. The monoisotopic (exact) mass is 379 g/mol. The molecule has 1 aromatic heterocycles. The minimum Gasteiger partial charge on any atom is -0.497 e. The molecule has 9 heteroatoms. The van der Waals surface area contributed by atoms with Crippen LogP contribution in [0.5, 0.6) is 5.75 Å². The molecule has 0 bridgehead atoms. The second-order valence-corrected chi connectivity index (χ2v) is 7.64. The lowest BCUT2D eigenvalue weighted by Crippen LogP contribution is -2.26. The summed E-state index contributed by atoms with van der Waals surface area (Å²) in [5.41, 5.74) is 1.16. The van der Waals surface area contributed by atoms with Gasteiger partial charge in [-0.25, -0.2) is 0 Å². The van der Waals surface area contributed by atoms with Gasteiger partial charge < -0.3 is 4.74 Å². The molecule has 0 unspecified atom stereocenters. The van der Waals surface area contributed by atoms with Crippen molar-refractivity contribution in [2.45, 2.75) is 16.6 Å². The number of rotatable bonds is 5. The number of nitrogens with one attached hydrogen (secondary N) is 1. The minimum atomic E-state index is -2.02. The number of carbonyl (C=O) groups is 1. The Morgan fingerprint density at radius 1 is 1.23 bits per heavy atom. The number of ether oxygens (including phenoxy) is 1. The third kappa shape index (κ3) is 4.98. The fourth-order valence-corrected chi connectivity index (χ4v) is 2.49. The Balaban J connectivity index is 1.90. The normalized spacial score (nSPS) is 11.3. The molecule has 1 heterocycles. The predicted molar refractivity (Wildman–Crippen MR) is 89.2 cm³/mol. The fraction of sp³-hybridized carbons (Fsp3) is 0.308. The lowest BCUT2D eigenvalue weighted by atomic mass is 10.1. The van der Waals surface area contributed by atoms with Crippen LogP contribution in [-0.4, -0.2) is 27.0 Å². The second-order valence-electron chi connectivity index (χ2n) is 4.30. The van der Waals surface area contributed by atoms with Gasteiger partial charge in [0.05, 0.1) is 7.11 Å². The molecule has 0 aliphatic heterocycles. The number of amides is 1. The summed E-state index contributed by atoms with van der Waals surface area (Å²) in [6.45, 7) is 0. The third-order valence-corrected chi connectivity index (χ3v) is 4.14. The summed E-state index contributed by atoms with van der Waals surface area (Å²) in [5.74, 6) is 0.0618. The lowest BCUT2D eigenvalue weighted by molar-refractivity contribution is -0.115. The molecule has 1 amide bonds. The maximum atomic E-state index is 11.5. The molecule has 2 aromatic rings. The number of aryl methyl sites for hydroxylation is 2. The van der Waals surface area contributed by atoms with Crippen molar-refractivity contribution in [2.24, 2.45) is 0 Å². The van der Waals surface area contributed by atoms with Gasteiger partial charge in [-0.15, -0.1) is 10.2 Å². The van der Waals surface area contributed by atoms with Crippen molar-refractivity contribution in [1.29, 1.82) is 0 Å². The van der Waals surface area contributed by atoms with Gasteiger partial charge in [0.15, 0.2) is 0 Å². The van der Waals surface area contributed by atoms with E-state index in [9.17, 15) is 4.79 Å². The van der Waals surface area contributed by atoms with E-state index in [1.54, 1.807) is 7.11 Å². The van der Waals surface area contributed by atoms with E-state index in [1.165, 1.54) is 11.3 Å². The Kier molecular flexibility index (Phi) is 5.86. The van der Waals surface area contributed by atoms with E-state index in [1.807, 2.05) is 24.3 Å². The zero-order valence-electron chi connectivity index (χ0n) is 11.5. The van der Waals surface area contributed by atoms with E-state index in [4.69, 9.17) is 39.5 Å². The molecule has 0 radical (unpaired) electrons. The summed E-state index contributed by atoms with van der Waals surface area (Å²) < 4.78 is 3.09. The van der Waals surface area contributed by atoms with Crippen molar-refractivity contribution >= 4 is 57.2 Å². The van der Waals surface area contributed by atoms with Gasteiger partial charge in [-0.3, -0.25) is 10.1 Å². The minimum absolute atomic E-state index is 0.307. The fourth-order valence-electron chi connectivity index (χ4n) is 1.62. The number of benzene rings is 1. The van der Waals surface area contributed by atoms with Gasteiger partial charge in [-0.2, -0.15) is 0 Å². The molecule has 0 fully saturated rings. The molecule has 0 aliphatic rings. The highest BCUT2D eigenvalue weighted by Gasteiger charge is 2.31. The van der Waals surface area contributed by atoms with E-state index in [0.29, 0.717) is 11.6 Å². The number of halogens is 3. The number of aromatic nitrogens is 2. The first-order valence-corrected chi connectivity index (χ1v) is 8.17. The van der Waals surface area contributed by atoms with Crippen LogP contribution in [0.15, 0.2) is 24.3 Å². The molecular weight excluding hydrogens is 369 g/mol. The maximum Gasteiger partial charge on any atom is 0.278 e. The molecule has 5 nitrogen and oxygen atoms in total. The standard InChI is InChI=1S/C13H12Cl3N3O2S/c1-21-9-5-2-8(3-6-9)4-7-10-18-19-12(22-10)17-11(20)13(14,15)16/h2-3,5-6H,4,7H2,1H3,(H,17,19,20). The Morgan fingerprint density at radius 2 is 1.91 bits per heavy atom. The molecule has 0 aliphatic carbocycles. The number of hydrogen-bond donors (Lipinski definition) is 1. The van der Waals surface area contributed by atoms with E-state index in [2.05, 4.69) is 15.5 Å². The van der Waals surface area contributed by atoms with Crippen LogP contribution in [0.2, 0.25) is 0 Å². The number of methoxy groups -OCH3 is 1. The molecule has 1 N–H and O–H groups in total. The first kappa shape index (κ1) is 17.3. The first-order valence-electron chi connectivity index (χ1n) is 6.22. The molecule has 0 spiro atoms. The molecule has 0 saturated carbocycles. The summed E-state index contributed by atoms with van der Waals surface area (Å²) >= 11 is 17.7. The Bertz CT molecular complexity index is 641. The molecule has 2 rings (SSSR count). The largest absolute Gasteiger partial charge is 0.497 e. The van der Waals surface area contributed by atoms with E-state index >= 15 is 0 Å². The van der Waals surface area contributed by atoms with Crippen LogP contribution in [0.4, 0.5) is 5.13 Å². The van der Waals surface area contributed by atoms with Crippen molar-refractivity contribution in [2.75, 3.05) is 12.4 Å². The number of alkyl halides is 3. The van der Waals surface area contributed by atoms with E-state index in [-0.39, 0.29) is 0 Å². The van der Waals surface area contributed by atoms with Crippen molar-refractivity contribution in [3.05, 3.63) is 34.8 Å². The highest BCUT2D eigenvalue weighted by atomic mass is 35.6. The third-order valence-electron chi connectivity index (χ3n) is 2.73. The highest BCUT2D eigenvalue weighted by Crippen LogP contribution is 2.28. The zero-order chi connectivity index (χ0) is 16.2. The molecule has 0 atom stereocenters. The average molecular weight is 381 g/mol. The SMILES string of the molecule is COc1ccc(CCc2nnc(NC(=O)C(Cl)(Cl)Cl)s2)cc1. The predicted octanol–water partition coefficient (Wildman–Crippen LogP) is 3.64. The van der Waals surface area contributed by atoms with Crippen LogP contribution in [0.3, 0.4) is 0 Å². The Hall–Kier alpha value is -1.08. The average Bonchev–Trinajstić information content (AvgIpc) is 2.92. The van der Waals surface area contributed by atoms with Crippen LogP contribution < -0.4 is 10.1 Å². The summed E-state index contributed by atoms with van der Waals surface area (Å²) in [6.07, 6.45) is 1.50. The highest BCUT2D eigenvalue weighted by molar-refractivity contribution is 7.15. The van der Waals surface area contributed by atoms with Crippen molar-refractivity contribution < 1.29 is 9.53 Å². The van der Waals surface area contributed by atoms with Crippen LogP contribution in [0.1, 0.15) is 10.6 Å². The van der Waals surface area contributed by atoms with E-state index in [0.717, 1.165) is 22.7 Å². The topological polar surface area (TPSA) is 64.1 Å². The summed E-state index contributed by atoms with van der Waals surface area (Å²) in [7, 11) is 1.63. The maximum absolute atomic E-state index is 11.5. The molecular formula is C13H12Cl3N3O2S. The number of nitrogens with zero attached hydrogens (tertiary/aromatic N) is 2. The van der Waals surface area contributed by atoms with Gasteiger partial charge in [0.2, 0.25) is 5.13 Å². The Morgan fingerprint density at radius 3 is 2.50 bits per heavy atom. The number of carbonyl (C=O) groups excluding carboxylic acids is 1. The van der Waals surface area contributed by atoms with Crippen LogP contribution in [0, 0.1) is 0 Å². The van der Waals surface area contributed by atoms with Crippen LogP contribution in [-0.2, 0) is 17.6 Å². The molecule has 118 valence electrons. The van der Waals surface area contributed by atoms with Gasteiger partial charge in [-0.05, 0) is 24.1 Å². The second kappa shape index (κ2) is 7.46. The summed E-state index contributed by atoms with van der Waals surface area (Å²) in [4.78, 5) is 11.5. The van der Waals surface area contributed by atoms with Gasteiger partial charge in [0.25, 0.3) is 9.70 Å². The molecule has 22 heavy (non-hydrogen) atoms. The lowest BCUT2D eigenvalue weighted by Gasteiger charge is -2.08. The number of hydrogen-bond acceptors (Lipinski definition) is 5. The van der Waals surface area contributed by atoms with Crippen molar-refractivity contribution in [3.63, 3.8) is 0 Å². The van der Waals surface area contributed by atoms with Gasteiger partial charge in [0, 0.05) is 6.42 Å². The van der Waals surface area contributed by atoms with Gasteiger partial charge in [0.1, 0.15) is 10.8 Å². The van der Waals surface area contributed by atoms with Crippen LogP contribution in [0.25, 0.3) is 0 Å². The van der Waals surface area contributed by atoms with Crippen molar-refractivity contribution in [3.8, 4) is 5.75 Å². The van der Waals surface area contributed by atoms with E-state index < -0.39 is 9.70 Å². The van der Waals surface area contributed by atoms with Gasteiger partial charge in [-0.1, -0.05) is 58.3 Å².